The maximum absolute atomic E-state index is 13.5. The number of likely N-dealkylation sites (tertiary alicyclic amines) is 1. The first-order chi connectivity index (χ1) is 8.90. The minimum Gasteiger partial charge on any atom is -0.391 e. The molecule has 1 saturated heterocycles. The van der Waals surface area contributed by atoms with Gasteiger partial charge < -0.3 is 10.0 Å². The van der Waals surface area contributed by atoms with Crippen molar-refractivity contribution in [1.29, 1.82) is 0 Å². The average Bonchev–Trinajstić information content (AvgIpc) is 2.31. The topological polar surface area (TPSA) is 40.5 Å². The summed E-state index contributed by atoms with van der Waals surface area (Å²) in [5.41, 5.74) is -0.775. The number of piperidine rings is 1. The molecule has 2 unspecified atom stereocenters. The lowest BCUT2D eigenvalue weighted by molar-refractivity contribution is 0.0243. The molecule has 0 spiro atoms. The molecule has 0 saturated carbocycles. The molecule has 6 heteroatoms. The number of nitrogens with zero attached hydrogens (tertiary/aromatic N) is 1. The number of β-amino-alcohol motifs (C(OH)–C–C–N with tert-alkyl or cyclic N) is 1. The fourth-order valence-electron chi connectivity index (χ4n) is 2.14. The van der Waals surface area contributed by atoms with Gasteiger partial charge in [0.2, 0.25) is 0 Å². The molecule has 1 aromatic carbocycles. The van der Waals surface area contributed by atoms with Crippen molar-refractivity contribution in [2.24, 2.45) is 5.92 Å². The van der Waals surface area contributed by atoms with Crippen molar-refractivity contribution in [3.05, 3.63) is 35.1 Å². The maximum atomic E-state index is 13.5. The first kappa shape index (κ1) is 13.9. The van der Waals surface area contributed by atoms with Crippen molar-refractivity contribution in [3.8, 4) is 0 Å². The highest BCUT2D eigenvalue weighted by Crippen LogP contribution is 2.22. The number of carbonyl (C=O) groups is 1. The van der Waals surface area contributed by atoms with E-state index in [1.165, 1.54) is 4.90 Å². The van der Waals surface area contributed by atoms with Crippen molar-refractivity contribution in [1.82, 2.24) is 4.90 Å². The molecule has 2 atom stereocenters. The molecule has 0 aromatic heterocycles. The number of amides is 1. The summed E-state index contributed by atoms with van der Waals surface area (Å²) < 4.78 is 39.8. The van der Waals surface area contributed by atoms with E-state index < -0.39 is 35.0 Å². The van der Waals surface area contributed by atoms with Crippen LogP contribution in [0.25, 0.3) is 0 Å². The summed E-state index contributed by atoms with van der Waals surface area (Å²) in [6.45, 7) is 2.18. The summed E-state index contributed by atoms with van der Waals surface area (Å²) in [5, 5.41) is 9.69. The second-order valence-corrected chi connectivity index (χ2v) is 4.83. The van der Waals surface area contributed by atoms with Crippen molar-refractivity contribution in [2.75, 3.05) is 13.1 Å². The maximum Gasteiger partial charge on any atom is 0.259 e. The van der Waals surface area contributed by atoms with Gasteiger partial charge >= 0.3 is 0 Å². The largest absolute Gasteiger partial charge is 0.391 e. The Morgan fingerprint density at radius 2 is 1.89 bits per heavy atom. The van der Waals surface area contributed by atoms with E-state index in [-0.39, 0.29) is 12.5 Å². The van der Waals surface area contributed by atoms with E-state index in [0.717, 1.165) is 0 Å². The molecule has 0 radical (unpaired) electrons. The second kappa shape index (κ2) is 5.21. The lowest BCUT2D eigenvalue weighted by Gasteiger charge is -2.34. The third kappa shape index (κ3) is 2.73. The van der Waals surface area contributed by atoms with Crippen LogP contribution in [-0.2, 0) is 0 Å². The number of rotatable bonds is 1. The molecule has 3 nitrogen and oxygen atoms in total. The van der Waals surface area contributed by atoms with Crippen LogP contribution in [0.1, 0.15) is 23.7 Å². The van der Waals surface area contributed by atoms with Crippen LogP contribution in [0.15, 0.2) is 12.1 Å². The van der Waals surface area contributed by atoms with Crippen molar-refractivity contribution in [2.45, 2.75) is 19.4 Å². The number of aliphatic hydroxyl groups is 1. The molecule has 1 aromatic rings. The van der Waals surface area contributed by atoms with Gasteiger partial charge in [0.1, 0.15) is 23.0 Å². The van der Waals surface area contributed by atoms with Crippen LogP contribution in [0.5, 0.6) is 0 Å². The van der Waals surface area contributed by atoms with Crippen LogP contribution in [0.4, 0.5) is 13.2 Å². The minimum atomic E-state index is -1.23. The number of hydrogen-bond acceptors (Lipinski definition) is 2. The third-order valence-electron chi connectivity index (χ3n) is 3.43. The van der Waals surface area contributed by atoms with Crippen LogP contribution < -0.4 is 0 Å². The molecule has 1 heterocycles. The predicted octanol–water partition coefficient (Wildman–Crippen LogP) is 1.95. The van der Waals surface area contributed by atoms with E-state index in [9.17, 15) is 23.1 Å². The van der Waals surface area contributed by atoms with Crippen LogP contribution in [0.2, 0.25) is 0 Å². The van der Waals surface area contributed by atoms with Gasteiger partial charge in [-0.1, -0.05) is 6.92 Å². The quantitative estimate of drug-likeness (QED) is 0.849. The number of halogens is 3. The van der Waals surface area contributed by atoms with E-state index in [1.807, 2.05) is 6.92 Å². The molecule has 1 fully saturated rings. The standard InChI is InChI=1S/C13H14F3NO2/c1-7-2-3-17(6-11(7)18)13(19)12-9(15)4-8(14)5-10(12)16/h4-5,7,11,18H,2-3,6H2,1H3. The number of hydrogen-bond donors (Lipinski definition) is 1. The third-order valence-corrected chi connectivity index (χ3v) is 3.43. The number of carbonyl (C=O) groups excluding carboxylic acids is 1. The smallest absolute Gasteiger partial charge is 0.259 e. The lowest BCUT2D eigenvalue weighted by atomic mass is 9.95. The van der Waals surface area contributed by atoms with Gasteiger partial charge in [-0.15, -0.1) is 0 Å². The Bertz CT molecular complexity index is 484. The van der Waals surface area contributed by atoms with Crippen LogP contribution >= 0.6 is 0 Å². The molecule has 0 aliphatic carbocycles. The van der Waals surface area contributed by atoms with E-state index in [1.54, 1.807) is 0 Å². The zero-order valence-electron chi connectivity index (χ0n) is 10.4. The Kier molecular flexibility index (Phi) is 3.80. The molecule has 1 N–H and O–H groups in total. The van der Waals surface area contributed by atoms with E-state index in [4.69, 9.17) is 0 Å². The molecule has 1 aliphatic rings. The highest BCUT2D eigenvalue weighted by atomic mass is 19.1. The van der Waals surface area contributed by atoms with Gasteiger partial charge in [0.25, 0.3) is 5.91 Å². The SMILES string of the molecule is CC1CCN(C(=O)c2c(F)cc(F)cc2F)CC1O. The average molecular weight is 273 g/mol. The Balaban J connectivity index is 2.25. The van der Waals surface area contributed by atoms with Gasteiger partial charge in [-0.05, 0) is 12.3 Å². The highest BCUT2D eigenvalue weighted by Gasteiger charge is 2.30. The van der Waals surface area contributed by atoms with Crippen molar-refractivity contribution < 1.29 is 23.1 Å². The summed E-state index contributed by atoms with van der Waals surface area (Å²) in [4.78, 5) is 13.2. The first-order valence-electron chi connectivity index (χ1n) is 6.02. The predicted molar refractivity (Wildman–Crippen MR) is 62.0 cm³/mol. The Hall–Kier alpha value is -1.56. The molecule has 19 heavy (non-hydrogen) atoms. The molecular formula is C13H14F3NO2. The van der Waals surface area contributed by atoms with Gasteiger partial charge in [-0.25, -0.2) is 13.2 Å². The van der Waals surface area contributed by atoms with Crippen molar-refractivity contribution >= 4 is 5.91 Å². The zero-order valence-corrected chi connectivity index (χ0v) is 10.4. The van der Waals surface area contributed by atoms with E-state index in [2.05, 4.69) is 0 Å². The van der Waals surface area contributed by atoms with Crippen molar-refractivity contribution in [3.63, 3.8) is 0 Å². The van der Waals surface area contributed by atoms with Crippen LogP contribution in [0.3, 0.4) is 0 Å². The molecule has 1 amide bonds. The minimum absolute atomic E-state index is 0.0241. The summed E-state index contributed by atoms with van der Waals surface area (Å²) in [6, 6.07) is 0.943. The zero-order chi connectivity index (χ0) is 14.2. The van der Waals surface area contributed by atoms with E-state index in [0.29, 0.717) is 25.1 Å². The van der Waals surface area contributed by atoms with Crippen LogP contribution in [0, 0.1) is 23.4 Å². The Morgan fingerprint density at radius 3 is 2.42 bits per heavy atom. The van der Waals surface area contributed by atoms with Gasteiger partial charge in [-0.3, -0.25) is 4.79 Å². The monoisotopic (exact) mass is 273 g/mol. The summed E-state index contributed by atoms with van der Waals surface area (Å²) in [5.74, 6) is -4.35. The summed E-state index contributed by atoms with van der Waals surface area (Å²) in [6.07, 6.45) is -0.165. The number of aliphatic hydroxyl groups excluding tert-OH is 1. The normalized spacial score (nSPS) is 23.5. The number of benzene rings is 1. The lowest BCUT2D eigenvalue weighted by Crippen LogP contribution is -2.46. The molecule has 1 aliphatic heterocycles. The van der Waals surface area contributed by atoms with Gasteiger partial charge in [0.15, 0.2) is 0 Å². The molecule has 104 valence electrons. The first-order valence-corrected chi connectivity index (χ1v) is 6.02. The Labute approximate surface area is 108 Å². The van der Waals surface area contributed by atoms with Gasteiger partial charge in [0, 0.05) is 25.2 Å². The molecule has 0 bridgehead atoms. The van der Waals surface area contributed by atoms with Gasteiger partial charge in [-0.2, -0.15) is 0 Å². The Morgan fingerprint density at radius 1 is 1.32 bits per heavy atom. The fourth-order valence-corrected chi connectivity index (χ4v) is 2.14. The van der Waals surface area contributed by atoms with E-state index >= 15 is 0 Å². The fraction of sp³-hybridized carbons (Fsp3) is 0.462. The molecule has 2 rings (SSSR count). The van der Waals surface area contributed by atoms with Crippen LogP contribution in [-0.4, -0.2) is 35.1 Å². The molecular weight excluding hydrogens is 259 g/mol. The van der Waals surface area contributed by atoms with Gasteiger partial charge in [0.05, 0.1) is 6.10 Å². The highest BCUT2D eigenvalue weighted by molar-refractivity contribution is 5.94. The summed E-state index contributed by atoms with van der Waals surface area (Å²) in [7, 11) is 0. The second-order valence-electron chi connectivity index (χ2n) is 4.83. The summed E-state index contributed by atoms with van der Waals surface area (Å²) >= 11 is 0.